The fourth-order valence-corrected chi connectivity index (χ4v) is 2.11. The molecular weight excluding hydrogens is 294 g/mol. The molecule has 0 fully saturated rings. The monoisotopic (exact) mass is 307 g/mol. The number of carbonyl (C=O) groups excluding carboxylic acids is 1. The van der Waals surface area contributed by atoms with E-state index < -0.39 is 12.5 Å². The van der Waals surface area contributed by atoms with Crippen LogP contribution in [-0.4, -0.2) is 23.5 Å². The van der Waals surface area contributed by atoms with Gasteiger partial charge in [0, 0.05) is 23.6 Å². The van der Waals surface area contributed by atoms with Crippen molar-refractivity contribution in [2.45, 2.75) is 12.8 Å². The molecule has 1 amide bonds. The second-order valence-electron chi connectivity index (χ2n) is 4.43. The zero-order valence-electron chi connectivity index (χ0n) is 11.2. The highest BCUT2D eigenvalue weighted by atomic mass is 35.5. The molecule has 0 unspecified atom stereocenters. The highest BCUT2D eigenvalue weighted by Gasteiger charge is 2.19. The molecule has 1 aromatic carbocycles. The van der Waals surface area contributed by atoms with Crippen molar-refractivity contribution in [3.05, 3.63) is 53.4 Å². The minimum absolute atomic E-state index is 0.160. The van der Waals surface area contributed by atoms with Crippen molar-refractivity contribution in [1.82, 2.24) is 0 Å². The van der Waals surface area contributed by atoms with Crippen LogP contribution >= 0.6 is 11.6 Å². The average molecular weight is 308 g/mol. The smallest absolute Gasteiger partial charge is 0.323 e. The molecule has 0 spiro atoms. The van der Waals surface area contributed by atoms with Crippen molar-refractivity contribution in [3.8, 4) is 0 Å². The van der Waals surface area contributed by atoms with Gasteiger partial charge in [0.05, 0.1) is 6.26 Å². The van der Waals surface area contributed by atoms with Gasteiger partial charge in [-0.15, -0.1) is 0 Å². The van der Waals surface area contributed by atoms with Gasteiger partial charge in [0.15, 0.2) is 0 Å². The van der Waals surface area contributed by atoms with E-state index in [9.17, 15) is 9.59 Å². The SMILES string of the molecule is O=C(O)CN(C(=O)CCc1ccco1)c1cccc(Cl)c1. The molecule has 0 aliphatic rings. The fourth-order valence-electron chi connectivity index (χ4n) is 1.92. The summed E-state index contributed by atoms with van der Waals surface area (Å²) in [6, 6.07) is 10.1. The van der Waals surface area contributed by atoms with Crippen LogP contribution in [-0.2, 0) is 16.0 Å². The van der Waals surface area contributed by atoms with E-state index in [4.69, 9.17) is 21.1 Å². The Hall–Kier alpha value is -2.27. The summed E-state index contributed by atoms with van der Waals surface area (Å²) in [5.74, 6) is -0.692. The predicted molar refractivity (Wildman–Crippen MR) is 78.5 cm³/mol. The van der Waals surface area contributed by atoms with Gasteiger partial charge in [0.25, 0.3) is 0 Å². The molecule has 1 N–H and O–H groups in total. The Morgan fingerprint density at radius 1 is 1.24 bits per heavy atom. The quantitative estimate of drug-likeness (QED) is 0.890. The van der Waals surface area contributed by atoms with Crippen molar-refractivity contribution >= 4 is 29.2 Å². The number of nitrogens with zero attached hydrogens (tertiary/aromatic N) is 1. The van der Waals surface area contributed by atoms with Crippen LogP contribution in [0.15, 0.2) is 47.1 Å². The van der Waals surface area contributed by atoms with Gasteiger partial charge in [-0.1, -0.05) is 17.7 Å². The van der Waals surface area contributed by atoms with E-state index in [1.54, 1.807) is 36.4 Å². The Morgan fingerprint density at radius 2 is 2.05 bits per heavy atom. The number of carbonyl (C=O) groups is 2. The van der Waals surface area contributed by atoms with Gasteiger partial charge in [-0.2, -0.15) is 0 Å². The number of benzene rings is 1. The minimum atomic E-state index is -1.08. The van der Waals surface area contributed by atoms with Crippen LogP contribution in [0, 0.1) is 0 Å². The lowest BCUT2D eigenvalue weighted by molar-refractivity contribution is -0.136. The van der Waals surface area contributed by atoms with Crippen LogP contribution in [0.1, 0.15) is 12.2 Å². The van der Waals surface area contributed by atoms with Gasteiger partial charge >= 0.3 is 5.97 Å². The van der Waals surface area contributed by atoms with Gasteiger partial charge in [-0.05, 0) is 30.3 Å². The second-order valence-corrected chi connectivity index (χ2v) is 4.87. The molecule has 0 aliphatic heterocycles. The summed E-state index contributed by atoms with van der Waals surface area (Å²) >= 11 is 5.89. The maximum absolute atomic E-state index is 12.3. The van der Waals surface area contributed by atoms with Crippen molar-refractivity contribution in [2.75, 3.05) is 11.4 Å². The largest absolute Gasteiger partial charge is 0.480 e. The van der Waals surface area contributed by atoms with Crippen LogP contribution in [0.4, 0.5) is 5.69 Å². The van der Waals surface area contributed by atoms with Gasteiger partial charge in [-0.25, -0.2) is 0 Å². The lowest BCUT2D eigenvalue weighted by Gasteiger charge is -2.21. The van der Waals surface area contributed by atoms with Crippen LogP contribution in [0.5, 0.6) is 0 Å². The number of halogens is 1. The molecule has 0 radical (unpaired) electrons. The Morgan fingerprint density at radius 3 is 2.67 bits per heavy atom. The third-order valence-corrected chi connectivity index (χ3v) is 3.11. The van der Waals surface area contributed by atoms with E-state index >= 15 is 0 Å². The zero-order valence-corrected chi connectivity index (χ0v) is 11.9. The lowest BCUT2D eigenvalue weighted by atomic mass is 10.2. The predicted octanol–water partition coefficient (Wildman–Crippen LogP) is 2.98. The van der Waals surface area contributed by atoms with Crippen molar-refractivity contribution in [3.63, 3.8) is 0 Å². The summed E-state index contributed by atoms with van der Waals surface area (Å²) in [6.07, 6.45) is 2.11. The summed E-state index contributed by atoms with van der Waals surface area (Å²) in [4.78, 5) is 24.4. The fraction of sp³-hybridized carbons (Fsp3) is 0.200. The number of anilines is 1. The molecule has 2 rings (SSSR count). The van der Waals surface area contributed by atoms with Gasteiger partial charge < -0.3 is 14.4 Å². The molecular formula is C15H14ClNO4. The number of rotatable bonds is 6. The normalized spacial score (nSPS) is 10.3. The van der Waals surface area contributed by atoms with E-state index in [0.717, 1.165) is 0 Å². The van der Waals surface area contributed by atoms with Crippen molar-refractivity contribution in [1.29, 1.82) is 0 Å². The summed E-state index contributed by atoms with van der Waals surface area (Å²) < 4.78 is 5.16. The lowest BCUT2D eigenvalue weighted by Crippen LogP contribution is -2.35. The van der Waals surface area contributed by atoms with Crippen LogP contribution in [0.2, 0.25) is 5.02 Å². The van der Waals surface area contributed by atoms with E-state index in [2.05, 4.69) is 0 Å². The first-order valence-corrected chi connectivity index (χ1v) is 6.74. The Bertz CT molecular complexity index is 624. The van der Waals surface area contributed by atoms with Gasteiger partial charge in [-0.3, -0.25) is 9.59 Å². The number of hydrogen-bond donors (Lipinski definition) is 1. The molecule has 0 aliphatic carbocycles. The number of aryl methyl sites for hydroxylation is 1. The number of carboxylic acids is 1. The van der Waals surface area contributed by atoms with Crippen molar-refractivity contribution in [2.24, 2.45) is 0 Å². The van der Waals surface area contributed by atoms with E-state index in [1.165, 1.54) is 11.2 Å². The van der Waals surface area contributed by atoms with Crippen LogP contribution in [0.3, 0.4) is 0 Å². The van der Waals surface area contributed by atoms with Gasteiger partial charge in [0.2, 0.25) is 5.91 Å². The second kappa shape index (κ2) is 6.95. The maximum Gasteiger partial charge on any atom is 0.323 e. The molecule has 2 aromatic rings. The molecule has 110 valence electrons. The molecule has 5 nitrogen and oxygen atoms in total. The summed E-state index contributed by atoms with van der Waals surface area (Å²) in [7, 11) is 0. The minimum Gasteiger partial charge on any atom is -0.480 e. The number of carboxylic acid groups (broad SMARTS) is 1. The summed E-state index contributed by atoms with van der Waals surface area (Å²) in [6.45, 7) is -0.405. The first-order valence-electron chi connectivity index (χ1n) is 6.36. The highest BCUT2D eigenvalue weighted by Crippen LogP contribution is 2.20. The van der Waals surface area contributed by atoms with Crippen molar-refractivity contribution < 1.29 is 19.1 Å². The first-order chi connectivity index (χ1) is 10.1. The third kappa shape index (κ3) is 4.36. The topological polar surface area (TPSA) is 70.8 Å². The molecule has 0 bridgehead atoms. The Balaban J connectivity index is 2.11. The Kier molecular flexibility index (Phi) is 5.00. The van der Waals surface area contributed by atoms with Crippen LogP contribution in [0.25, 0.3) is 0 Å². The number of hydrogen-bond acceptors (Lipinski definition) is 3. The van der Waals surface area contributed by atoms with E-state index in [1.807, 2.05) is 0 Å². The van der Waals surface area contributed by atoms with E-state index in [-0.39, 0.29) is 12.3 Å². The van der Waals surface area contributed by atoms with E-state index in [0.29, 0.717) is 22.9 Å². The average Bonchev–Trinajstić information content (AvgIpc) is 2.95. The molecule has 0 saturated heterocycles. The molecule has 0 atom stereocenters. The molecule has 1 heterocycles. The molecule has 6 heteroatoms. The number of amides is 1. The summed E-state index contributed by atoms with van der Waals surface area (Å²) in [5, 5.41) is 9.42. The molecule has 21 heavy (non-hydrogen) atoms. The molecule has 0 saturated carbocycles. The number of furan rings is 1. The number of aliphatic carboxylic acids is 1. The zero-order chi connectivity index (χ0) is 15.2. The van der Waals surface area contributed by atoms with Crippen LogP contribution < -0.4 is 4.90 Å². The summed E-state index contributed by atoms with van der Waals surface area (Å²) in [5.41, 5.74) is 0.467. The first kappa shape index (κ1) is 15.1. The highest BCUT2D eigenvalue weighted by molar-refractivity contribution is 6.30. The molecule has 1 aromatic heterocycles. The maximum atomic E-state index is 12.3. The van der Waals surface area contributed by atoms with Gasteiger partial charge in [0.1, 0.15) is 12.3 Å². The third-order valence-electron chi connectivity index (χ3n) is 2.88. The Labute approximate surface area is 126 Å². The standard InChI is InChI=1S/C15H14ClNO4/c16-11-3-1-4-12(9-11)17(10-15(19)20)14(18)7-6-13-5-2-8-21-13/h1-5,8-9H,6-7,10H2,(H,19,20).